The molecular formula is C23H20N2O4. The second kappa shape index (κ2) is 7.75. The van der Waals surface area contributed by atoms with Crippen LogP contribution in [0.2, 0.25) is 0 Å². The molecule has 1 amide bonds. The third-order valence-electron chi connectivity index (χ3n) is 5.09. The number of carbonyl (C=O) groups is 2. The van der Waals surface area contributed by atoms with Crippen molar-refractivity contribution in [2.24, 2.45) is 0 Å². The first-order valence-corrected chi connectivity index (χ1v) is 9.30. The molecule has 0 bridgehead atoms. The molecule has 1 heterocycles. The first-order valence-electron chi connectivity index (χ1n) is 9.30. The van der Waals surface area contributed by atoms with E-state index in [0.29, 0.717) is 17.9 Å². The van der Waals surface area contributed by atoms with Gasteiger partial charge in [0.05, 0.1) is 0 Å². The number of nitrogens with zero attached hydrogens (tertiary/aromatic N) is 1. The molecule has 6 nitrogen and oxygen atoms in total. The van der Waals surface area contributed by atoms with Crippen molar-refractivity contribution in [2.75, 3.05) is 0 Å². The van der Waals surface area contributed by atoms with Gasteiger partial charge in [-0.05, 0) is 35.4 Å². The van der Waals surface area contributed by atoms with Crippen molar-refractivity contribution in [1.29, 1.82) is 0 Å². The number of benzene rings is 2. The Morgan fingerprint density at radius 1 is 1.03 bits per heavy atom. The summed E-state index contributed by atoms with van der Waals surface area (Å²) in [7, 11) is 0. The predicted molar refractivity (Wildman–Crippen MR) is 107 cm³/mol. The van der Waals surface area contributed by atoms with Crippen LogP contribution >= 0.6 is 0 Å². The maximum Gasteiger partial charge on any atom is 0.330 e. The molecule has 146 valence electrons. The summed E-state index contributed by atoms with van der Waals surface area (Å²) in [6.07, 6.45) is 3.93. The van der Waals surface area contributed by atoms with Crippen LogP contribution in [0.1, 0.15) is 27.0 Å². The van der Waals surface area contributed by atoms with E-state index in [1.165, 1.54) is 0 Å². The Bertz CT molecular complexity index is 1020. The molecule has 0 unspecified atom stereocenters. The zero-order valence-electron chi connectivity index (χ0n) is 15.7. The van der Waals surface area contributed by atoms with Crippen molar-refractivity contribution in [1.82, 2.24) is 10.3 Å². The molecule has 4 rings (SSSR count). The number of rotatable bonds is 6. The summed E-state index contributed by atoms with van der Waals surface area (Å²) in [5, 5.41) is 12.6. The Balaban J connectivity index is 1.49. The molecule has 1 aliphatic rings. The van der Waals surface area contributed by atoms with Gasteiger partial charge in [-0.25, -0.2) is 4.79 Å². The maximum atomic E-state index is 12.8. The van der Waals surface area contributed by atoms with Gasteiger partial charge in [0.2, 0.25) is 0 Å². The SMILES string of the molecule is O=C(NC1(C(=O)O)Cc2ccccc2C1)c1cccc(OCc2cccnc2)c1. The van der Waals surface area contributed by atoms with Crippen LogP contribution in [0.3, 0.4) is 0 Å². The van der Waals surface area contributed by atoms with Gasteiger partial charge in [-0.2, -0.15) is 0 Å². The Morgan fingerprint density at radius 3 is 2.45 bits per heavy atom. The Morgan fingerprint density at radius 2 is 1.79 bits per heavy atom. The van der Waals surface area contributed by atoms with E-state index in [4.69, 9.17) is 4.74 Å². The summed E-state index contributed by atoms with van der Waals surface area (Å²) in [5.41, 5.74) is 1.82. The number of pyridine rings is 1. The van der Waals surface area contributed by atoms with Crippen molar-refractivity contribution in [2.45, 2.75) is 25.0 Å². The van der Waals surface area contributed by atoms with Crippen molar-refractivity contribution in [3.05, 3.63) is 95.3 Å². The maximum absolute atomic E-state index is 12.8. The molecule has 3 aromatic rings. The van der Waals surface area contributed by atoms with Crippen molar-refractivity contribution < 1.29 is 19.4 Å². The normalized spacial score (nSPS) is 14.1. The van der Waals surface area contributed by atoms with Crippen LogP contribution in [0.4, 0.5) is 0 Å². The van der Waals surface area contributed by atoms with Crippen LogP contribution in [0, 0.1) is 0 Å². The summed E-state index contributed by atoms with van der Waals surface area (Å²) in [4.78, 5) is 28.9. The van der Waals surface area contributed by atoms with E-state index >= 15 is 0 Å². The van der Waals surface area contributed by atoms with Crippen LogP contribution in [-0.2, 0) is 24.2 Å². The first-order chi connectivity index (χ1) is 14.1. The van der Waals surface area contributed by atoms with Gasteiger partial charge < -0.3 is 15.2 Å². The molecule has 1 aromatic heterocycles. The molecule has 0 radical (unpaired) electrons. The van der Waals surface area contributed by atoms with Gasteiger partial charge in [0.15, 0.2) is 0 Å². The predicted octanol–water partition coefficient (Wildman–Crippen LogP) is 3.01. The minimum Gasteiger partial charge on any atom is -0.489 e. The number of ether oxygens (including phenoxy) is 1. The monoisotopic (exact) mass is 388 g/mol. The molecule has 6 heteroatoms. The molecule has 2 N–H and O–H groups in total. The number of nitrogens with one attached hydrogen (secondary N) is 1. The molecule has 0 atom stereocenters. The average molecular weight is 388 g/mol. The standard InChI is InChI=1S/C23H20N2O4/c26-21(25-23(22(27)28)12-18-6-1-2-7-19(18)13-23)17-8-3-9-20(11-17)29-15-16-5-4-10-24-14-16/h1-11,14H,12-13,15H2,(H,25,26)(H,27,28). The third kappa shape index (κ3) is 3.96. The minimum atomic E-state index is -1.34. The highest BCUT2D eigenvalue weighted by Gasteiger charge is 2.45. The van der Waals surface area contributed by atoms with Crippen LogP contribution in [0.25, 0.3) is 0 Å². The number of aromatic nitrogens is 1. The topological polar surface area (TPSA) is 88.5 Å². The van der Waals surface area contributed by atoms with E-state index in [2.05, 4.69) is 10.3 Å². The fraction of sp³-hybridized carbons (Fsp3) is 0.174. The molecule has 0 saturated carbocycles. The Hall–Kier alpha value is -3.67. The second-order valence-electron chi connectivity index (χ2n) is 7.14. The minimum absolute atomic E-state index is 0.265. The molecule has 0 fully saturated rings. The highest BCUT2D eigenvalue weighted by atomic mass is 16.5. The number of fused-ring (bicyclic) bond motifs is 1. The average Bonchev–Trinajstić information content (AvgIpc) is 3.13. The van der Waals surface area contributed by atoms with Gasteiger partial charge in [-0.3, -0.25) is 9.78 Å². The van der Waals surface area contributed by atoms with Gasteiger partial charge in [-0.15, -0.1) is 0 Å². The number of carboxylic acid groups (broad SMARTS) is 1. The lowest BCUT2D eigenvalue weighted by atomic mass is 9.95. The summed E-state index contributed by atoms with van der Waals surface area (Å²) >= 11 is 0. The van der Waals surface area contributed by atoms with Crippen LogP contribution in [0.5, 0.6) is 5.75 Å². The number of hydrogen-bond donors (Lipinski definition) is 2. The lowest BCUT2D eigenvalue weighted by Gasteiger charge is -2.25. The number of amides is 1. The molecule has 29 heavy (non-hydrogen) atoms. The zero-order chi connectivity index (χ0) is 20.3. The summed E-state index contributed by atoms with van der Waals surface area (Å²) in [5.74, 6) is -0.946. The largest absolute Gasteiger partial charge is 0.489 e. The quantitative estimate of drug-likeness (QED) is 0.678. The molecule has 0 aliphatic heterocycles. The van der Waals surface area contributed by atoms with Crippen molar-refractivity contribution in [3.63, 3.8) is 0 Å². The number of aliphatic carboxylic acids is 1. The van der Waals surface area contributed by atoms with E-state index in [0.717, 1.165) is 16.7 Å². The van der Waals surface area contributed by atoms with E-state index in [1.54, 1.807) is 36.7 Å². The van der Waals surface area contributed by atoms with E-state index < -0.39 is 17.4 Å². The summed E-state index contributed by atoms with van der Waals surface area (Å²) in [6, 6.07) is 18.0. The highest BCUT2D eigenvalue weighted by Crippen LogP contribution is 2.31. The molecule has 2 aromatic carbocycles. The Labute approximate surface area is 168 Å². The molecular weight excluding hydrogens is 368 g/mol. The number of hydrogen-bond acceptors (Lipinski definition) is 4. The van der Waals surface area contributed by atoms with Crippen molar-refractivity contribution >= 4 is 11.9 Å². The molecule has 0 saturated heterocycles. The zero-order valence-corrected chi connectivity index (χ0v) is 15.7. The van der Waals surface area contributed by atoms with Crippen LogP contribution in [-0.4, -0.2) is 27.5 Å². The summed E-state index contributed by atoms with van der Waals surface area (Å²) < 4.78 is 5.74. The smallest absolute Gasteiger partial charge is 0.330 e. The highest BCUT2D eigenvalue weighted by molar-refractivity contribution is 5.98. The van der Waals surface area contributed by atoms with Gasteiger partial charge >= 0.3 is 5.97 Å². The Kier molecular flexibility index (Phi) is 4.99. The third-order valence-corrected chi connectivity index (χ3v) is 5.09. The van der Waals surface area contributed by atoms with Crippen LogP contribution in [0.15, 0.2) is 73.1 Å². The fourth-order valence-electron chi connectivity index (χ4n) is 3.58. The first kappa shape index (κ1) is 18.7. The molecule has 1 aliphatic carbocycles. The number of carbonyl (C=O) groups excluding carboxylic acids is 1. The van der Waals surface area contributed by atoms with Gasteiger partial charge in [0.25, 0.3) is 5.91 Å². The van der Waals surface area contributed by atoms with E-state index in [1.807, 2.05) is 36.4 Å². The van der Waals surface area contributed by atoms with E-state index in [9.17, 15) is 14.7 Å². The second-order valence-corrected chi connectivity index (χ2v) is 7.14. The van der Waals surface area contributed by atoms with Gasteiger partial charge in [0, 0.05) is 36.4 Å². The fourth-order valence-corrected chi connectivity index (χ4v) is 3.58. The van der Waals surface area contributed by atoms with E-state index in [-0.39, 0.29) is 12.8 Å². The lowest BCUT2D eigenvalue weighted by molar-refractivity contribution is -0.144. The lowest BCUT2D eigenvalue weighted by Crippen LogP contribution is -2.55. The number of carboxylic acids is 1. The van der Waals surface area contributed by atoms with Gasteiger partial charge in [0.1, 0.15) is 17.9 Å². The molecule has 0 spiro atoms. The van der Waals surface area contributed by atoms with Gasteiger partial charge in [-0.1, -0.05) is 36.4 Å². The van der Waals surface area contributed by atoms with Crippen LogP contribution < -0.4 is 10.1 Å². The summed E-state index contributed by atoms with van der Waals surface area (Å²) in [6.45, 7) is 0.327. The van der Waals surface area contributed by atoms with Crippen molar-refractivity contribution in [3.8, 4) is 5.75 Å².